The van der Waals surface area contributed by atoms with Crippen LogP contribution in [0.1, 0.15) is 43.7 Å². The summed E-state index contributed by atoms with van der Waals surface area (Å²) < 4.78 is 0. The van der Waals surface area contributed by atoms with Crippen LogP contribution < -0.4 is 5.32 Å². The van der Waals surface area contributed by atoms with Gasteiger partial charge < -0.3 is 5.32 Å². The minimum atomic E-state index is 0.553. The molecule has 0 amide bonds. The largest absolute Gasteiger partial charge is 0.316 e. The first kappa shape index (κ1) is 12.9. The molecule has 1 aromatic carbocycles. The third-order valence-electron chi connectivity index (χ3n) is 3.57. The topological polar surface area (TPSA) is 12.0 Å². The SMILES string of the molecule is CC(C)c1cc(Cl)cc(CC2CCCNC2)c1. The summed E-state index contributed by atoms with van der Waals surface area (Å²) in [5.74, 6) is 1.33. The molecule has 1 saturated heterocycles. The van der Waals surface area contributed by atoms with Gasteiger partial charge in [-0.3, -0.25) is 0 Å². The Bertz CT molecular complexity index is 367. The normalized spacial score (nSPS) is 20.8. The Balaban J connectivity index is 2.09. The summed E-state index contributed by atoms with van der Waals surface area (Å²) in [6.07, 6.45) is 3.81. The smallest absolute Gasteiger partial charge is 0.0411 e. The molecule has 1 aliphatic heterocycles. The minimum Gasteiger partial charge on any atom is -0.316 e. The molecule has 1 aliphatic rings. The van der Waals surface area contributed by atoms with Crippen molar-refractivity contribution < 1.29 is 0 Å². The predicted octanol–water partition coefficient (Wildman–Crippen LogP) is 4.01. The van der Waals surface area contributed by atoms with Crippen LogP contribution in [0.5, 0.6) is 0 Å². The summed E-state index contributed by atoms with van der Waals surface area (Å²) >= 11 is 6.20. The van der Waals surface area contributed by atoms with Gasteiger partial charge in [0, 0.05) is 5.02 Å². The van der Waals surface area contributed by atoms with Crippen LogP contribution in [0.25, 0.3) is 0 Å². The van der Waals surface area contributed by atoms with E-state index in [4.69, 9.17) is 11.6 Å². The molecule has 0 aromatic heterocycles. The van der Waals surface area contributed by atoms with Gasteiger partial charge in [0.05, 0.1) is 0 Å². The van der Waals surface area contributed by atoms with E-state index in [1.807, 2.05) is 0 Å². The van der Waals surface area contributed by atoms with Crippen LogP contribution in [0.4, 0.5) is 0 Å². The molecule has 94 valence electrons. The van der Waals surface area contributed by atoms with Crippen molar-refractivity contribution in [1.29, 1.82) is 0 Å². The Morgan fingerprint density at radius 3 is 2.82 bits per heavy atom. The van der Waals surface area contributed by atoms with Gasteiger partial charge in [0.25, 0.3) is 0 Å². The number of hydrogen-bond donors (Lipinski definition) is 1. The Hall–Kier alpha value is -0.530. The second-order valence-electron chi connectivity index (χ2n) is 5.46. The molecule has 2 rings (SSSR count). The molecule has 1 aromatic rings. The van der Waals surface area contributed by atoms with Crippen molar-refractivity contribution in [3.63, 3.8) is 0 Å². The lowest BCUT2D eigenvalue weighted by Crippen LogP contribution is -2.30. The molecular formula is C15H22ClN. The van der Waals surface area contributed by atoms with Crippen molar-refractivity contribution in [1.82, 2.24) is 5.32 Å². The molecule has 17 heavy (non-hydrogen) atoms. The first-order chi connectivity index (χ1) is 8.15. The van der Waals surface area contributed by atoms with E-state index in [1.165, 1.54) is 30.5 Å². The van der Waals surface area contributed by atoms with Crippen molar-refractivity contribution in [2.24, 2.45) is 5.92 Å². The zero-order valence-electron chi connectivity index (χ0n) is 10.8. The highest BCUT2D eigenvalue weighted by atomic mass is 35.5. The van der Waals surface area contributed by atoms with E-state index in [0.717, 1.165) is 23.9 Å². The summed E-state index contributed by atoms with van der Waals surface area (Å²) in [4.78, 5) is 0. The molecule has 1 fully saturated rings. The lowest BCUT2D eigenvalue weighted by molar-refractivity contribution is 0.376. The van der Waals surface area contributed by atoms with E-state index < -0.39 is 0 Å². The van der Waals surface area contributed by atoms with Gasteiger partial charge >= 0.3 is 0 Å². The molecule has 0 saturated carbocycles. The molecule has 1 heterocycles. The Kier molecular flexibility index (Phi) is 4.47. The second-order valence-corrected chi connectivity index (χ2v) is 5.90. The van der Waals surface area contributed by atoms with E-state index >= 15 is 0 Å². The van der Waals surface area contributed by atoms with Crippen LogP contribution in [-0.2, 0) is 6.42 Å². The van der Waals surface area contributed by atoms with Crippen LogP contribution in [-0.4, -0.2) is 13.1 Å². The molecule has 0 aliphatic carbocycles. The van der Waals surface area contributed by atoms with Gasteiger partial charge in [0.15, 0.2) is 0 Å². The fourth-order valence-corrected chi connectivity index (χ4v) is 2.82. The number of halogens is 1. The minimum absolute atomic E-state index is 0.553. The van der Waals surface area contributed by atoms with Gasteiger partial charge in [0.2, 0.25) is 0 Å². The maximum Gasteiger partial charge on any atom is 0.0411 e. The number of nitrogens with one attached hydrogen (secondary N) is 1. The Morgan fingerprint density at radius 1 is 1.35 bits per heavy atom. The van der Waals surface area contributed by atoms with Crippen LogP contribution in [0.15, 0.2) is 18.2 Å². The number of benzene rings is 1. The highest BCUT2D eigenvalue weighted by Crippen LogP contribution is 2.24. The maximum absolute atomic E-state index is 6.20. The van der Waals surface area contributed by atoms with E-state index in [9.17, 15) is 0 Å². The van der Waals surface area contributed by atoms with Crippen molar-refractivity contribution in [3.8, 4) is 0 Å². The summed E-state index contributed by atoms with van der Waals surface area (Å²) in [6, 6.07) is 6.54. The predicted molar refractivity (Wildman–Crippen MR) is 74.8 cm³/mol. The quantitative estimate of drug-likeness (QED) is 0.856. The Labute approximate surface area is 110 Å². The molecule has 2 heteroatoms. The molecule has 1 N–H and O–H groups in total. The van der Waals surface area contributed by atoms with Gasteiger partial charge in [-0.2, -0.15) is 0 Å². The zero-order chi connectivity index (χ0) is 12.3. The first-order valence-electron chi connectivity index (χ1n) is 6.65. The fourth-order valence-electron chi connectivity index (χ4n) is 2.56. The van der Waals surface area contributed by atoms with Crippen molar-refractivity contribution >= 4 is 11.6 Å². The maximum atomic E-state index is 6.20. The second kappa shape index (κ2) is 5.88. The van der Waals surface area contributed by atoms with Crippen molar-refractivity contribution in [3.05, 3.63) is 34.3 Å². The number of hydrogen-bond acceptors (Lipinski definition) is 1. The van der Waals surface area contributed by atoms with E-state index in [2.05, 4.69) is 37.4 Å². The van der Waals surface area contributed by atoms with E-state index in [-0.39, 0.29) is 0 Å². The van der Waals surface area contributed by atoms with Crippen LogP contribution >= 0.6 is 11.6 Å². The Morgan fingerprint density at radius 2 is 2.18 bits per heavy atom. The van der Waals surface area contributed by atoms with Gasteiger partial charge in [-0.25, -0.2) is 0 Å². The van der Waals surface area contributed by atoms with Crippen molar-refractivity contribution in [2.75, 3.05) is 13.1 Å². The zero-order valence-corrected chi connectivity index (χ0v) is 11.6. The van der Waals surface area contributed by atoms with Crippen LogP contribution in [0, 0.1) is 5.92 Å². The molecule has 0 radical (unpaired) electrons. The lowest BCUT2D eigenvalue weighted by Gasteiger charge is -2.23. The molecule has 1 atom stereocenters. The van der Waals surface area contributed by atoms with Crippen LogP contribution in [0.3, 0.4) is 0 Å². The standard InChI is InChI=1S/C15H22ClN/c1-11(2)14-7-13(8-15(16)9-14)6-12-4-3-5-17-10-12/h7-9,11-12,17H,3-6,10H2,1-2H3. The molecule has 1 unspecified atom stereocenters. The van der Waals surface area contributed by atoms with Crippen molar-refractivity contribution in [2.45, 2.75) is 39.0 Å². The van der Waals surface area contributed by atoms with Gasteiger partial charge in [-0.15, -0.1) is 0 Å². The highest BCUT2D eigenvalue weighted by molar-refractivity contribution is 6.30. The summed E-state index contributed by atoms with van der Waals surface area (Å²) in [6.45, 7) is 6.78. The summed E-state index contributed by atoms with van der Waals surface area (Å²) in [5.41, 5.74) is 2.76. The molecule has 1 nitrogen and oxygen atoms in total. The average molecular weight is 252 g/mol. The monoisotopic (exact) mass is 251 g/mol. The summed E-state index contributed by atoms with van der Waals surface area (Å²) in [5, 5.41) is 4.36. The van der Waals surface area contributed by atoms with Gasteiger partial charge in [0.1, 0.15) is 0 Å². The van der Waals surface area contributed by atoms with E-state index in [1.54, 1.807) is 0 Å². The third kappa shape index (κ3) is 3.72. The third-order valence-corrected chi connectivity index (χ3v) is 3.79. The first-order valence-corrected chi connectivity index (χ1v) is 7.03. The highest BCUT2D eigenvalue weighted by Gasteiger charge is 2.14. The van der Waals surface area contributed by atoms with Gasteiger partial charge in [-0.05, 0) is 67.4 Å². The van der Waals surface area contributed by atoms with Crippen LogP contribution in [0.2, 0.25) is 5.02 Å². The number of piperidine rings is 1. The number of rotatable bonds is 3. The molecule has 0 bridgehead atoms. The fraction of sp³-hybridized carbons (Fsp3) is 0.600. The molecule has 0 spiro atoms. The van der Waals surface area contributed by atoms with E-state index in [0.29, 0.717) is 5.92 Å². The lowest BCUT2D eigenvalue weighted by atomic mass is 9.90. The molecular weight excluding hydrogens is 230 g/mol. The summed E-state index contributed by atoms with van der Waals surface area (Å²) in [7, 11) is 0. The average Bonchev–Trinajstić information content (AvgIpc) is 2.29. The van der Waals surface area contributed by atoms with Gasteiger partial charge in [-0.1, -0.05) is 31.5 Å².